The van der Waals surface area contributed by atoms with Gasteiger partial charge in [-0.15, -0.1) is 0 Å². The number of hydrogen-bond acceptors (Lipinski definition) is 6. The second-order valence-corrected chi connectivity index (χ2v) is 9.53. The van der Waals surface area contributed by atoms with Crippen LogP contribution in [0.3, 0.4) is 0 Å². The lowest BCUT2D eigenvalue weighted by molar-refractivity contribution is -0.138. The van der Waals surface area contributed by atoms with Crippen molar-refractivity contribution in [1.82, 2.24) is 5.32 Å². The number of nitriles is 1. The highest BCUT2D eigenvalue weighted by Crippen LogP contribution is 2.43. The molecule has 0 saturated heterocycles. The van der Waals surface area contributed by atoms with E-state index in [-0.39, 0.29) is 29.4 Å². The maximum atomic E-state index is 12.9. The number of ether oxygens (including phenoxy) is 1. The Balaban J connectivity index is 1.90. The van der Waals surface area contributed by atoms with Crippen molar-refractivity contribution in [2.45, 2.75) is 12.8 Å². The number of dihydropyridines is 1. The molecule has 1 unspecified atom stereocenters. The average molecular weight is 549 g/mol. The predicted octanol–water partition coefficient (Wildman–Crippen LogP) is 6.44. The molecule has 1 amide bonds. The minimum absolute atomic E-state index is 0.00742. The summed E-state index contributed by atoms with van der Waals surface area (Å²) in [4.78, 5) is 25.5. The number of rotatable bonds is 8. The van der Waals surface area contributed by atoms with E-state index in [1.54, 1.807) is 49.4 Å². The fraction of sp³-hybridized carbons (Fsp3) is 0.160. The molecule has 0 saturated carbocycles. The SMILES string of the molecule is C=CCOC(=O)C1=C(C)NC(SCC(=O)Nc2ccc(Cl)c(Cl)c2)=C(C#N)C1c1ccccc1Cl. The molecule has 0 radical (unpaired) electrons. The van der Waals surface area contributed by atoms with E-state index in [9.17, 15) is 14.9 Å². The van der Waals surface area contributed by atoms with Gasteiger partial charge in [0.2, 0.25) is 5.91 Å². The Labute approximate surface area is 222 Å². The Morgan fingerprint density at radius 3 is 2.60 bits per heavy atom. The van der Waals surface area contributed by atoms with Gasteiger partial charge < -0.3 is 15.4 Å². The van der Waals surface area contributed by atoms with Gasteiger partial charge in [0.05, 0.1) is 44.0 Å². The molecule has 0 spiro atoms. The number of halogens is 3. The van der Waals surface area contributed by atoms with Gasteiger partial charge in [0.15, 0.2) is 0 Å². The third-order valence-electron chi connectivity index (χ3n) is 4.97. The van der Waals surface area contributed by atoms with Crippen LogP contribution in [-0.4, -0.2) is 24.2 Å². The van der Waals surface area contributed by atoms with E-state index in [1.165, 1.54) is 6.08 Å². The van der Waals surface area contributed by atoms with Crippen LogP contribution in [-0.2, 0) is 14.3 Å². The smallest absolute Gasteiger partial charge is 0.337 e. The number of carbonyl (C=O) groups is 2. The van der Waals surface area contributed by atoms with Crippen LogP contribution in [0.5, 0.6) is 0 Å². The van der Waals surface area contributed by atoms with Crippen molar-refractivity contribution in [3.63, 3.8) is 0 Å². The Morgan fingerprint density at radius 1 is 1.20 bits per heavy atom. The number of nitrogens with zero attached hydrogens (tertiary/aromatic N) is 1. The van der Waals surface area contributed by atoms with Crippen LogP contribution < -0.4 is 10.6 Å². The first kappa shape index (κ1) is 26.7. The van der Waals surface area contributed by atoms with E-state index in [2.05, 4.69) is 23.3 Å². The molecule has 1 aliphatic heterocycles. The standard InChI is InChI=1S/C25H20Cl3N3O3S/c1-3-10-34-25(33)22-14(2)30-24(17(12-29)23(22)16-6-4-5-7-18(16)26)35-13-21(32)31-15-8-9-19(27)20(28)11-15/h3-9,11,23,30H,1,10,13H2,2H3,(H,31,32). The quantitative estimate of drug-likeness (QED) is 0.291. The average Bonchev–Trinajstić information content (AvgIpc) is 2.83. The van der Waals surface area contributed by atoms with E-state index < -0.39 is 11.9 Å². The van der Waals surface area contributed by atoms with Crippen molar-refractivity contribution in [3.8, 4) is 6.07 Å². The molecule has 6 nitrogen and oxygen atoms in total. The van der Waals surface area contributed by atoms with E-state index in [0.717, 1.165) is 11.8 Å². The number of thioether (sulfide) groups is 1. The first-order valence-electron chi connectivity index (χ1n) is 10.3. The van der Waals surface area contributed by atoms with Crippen LogP contribution in [0, 0.1) is 11.3 Å². The van der Waals surface area contributed by atoms with Gasteiger partial charge in [0.25, 0.3) is 0 Å². The number of anilines is 1. The Hall–Kier alpha value is -2.89. The number of carbonyl (C=O) groups excluding carboxylic acids is 2. The molecule has 2 aromatic rings. The van der Waals surface area contributed by atoms with Crippen molar-refractivity contribution < 1.29 is 14.3 Å². The number of allylic oxidation sites excluding steroid dienone is 2. The van der Waals surface area contributed by atoms with Gasteiger partial charge >= 0.3 is 5.97 Å². The van der Waals surface area contributed by atoms with Gasteiger partial charge in [-0.05, 0) is 36.8 Å². The molecule has 0 aliphatic carbocycles. The monoisotopic (exact) mass is 547 g/mol. The van der Waals surface area contributed by atoms with E-state index in [1.807, 2.05) is 0 Å². The predicted molar refractivity (Wildman–Crippen MR) is 141 cm³/mol. The second kappa shape index (κ2) is 12.2. The molecule has 1 aliphatic rings. The fourth-order valence-corrected chi connectivity index (χ4v) is 4.87. The minimum atomic E-state index is -0.770. The number of hydrogen-bond donors (Lipinski definition) is 2. The largest absolute Gasteiger partial charge is 0.458 e. The summed E-state index contributed by atoms with van der Waals surface area (Å²) >= 11 is 19.5. The summed E-state index contributed by atoms with van der Waals surface area (Å²) in [5.41, 5.74) is 2.09. The van der Waals surface area contributed by atoms with Crippen LogP contribution in [0.25, 0.3) is 0 Å². The van der Waals surface area contributed by atoms with Crippen LogP contribution in [0.15, 0.2) is 77.0 Å². The van der Waals surface area contributed by atoms with E-state index in [4.69, 9.17) is 39.5 Å². The summed E-state index contributed by atoms with van der Waals surface area (Å²) in [6.07, 6.45) is 1.46. The summed E-state index contributed by atoms with van der Waals surface area (Å²) in [6, 6.07) is 13.9. The third kappa shape index (κ3) is 6.41. The molecule has 0 fully saturated rings. The zero-order chi connectivity index (χ0) is 25.5. The van der Waals surface area contributed by atoms with E-state index in [0.29, 0.717) is 37.0 Å². The van der Waals surface area contributed by atoms with Crippen LogP contribution in [0.2, 0.25) is 15.1 Å². The van der Waals surface area contributed by atoms with Crippen molar-refractivity contribution in [3.05, 3.63) is 97.6 Å². The van der Waals surface area contributed by atoms with Gasteiger partial charge in [0.1, 0.15) is 6.61 Å². The molecule has 3 rings (SSSR count). The van der Waals surface area contributed by atoms with Crippen LogP contribution in [0.1, 0.15) is 18.4 Å². The first-order valence-corrected chi connectivity index (χ1v) is 12.4. The molecular formula is C25H20Cl3N3O3S. The van der Waals surface area contributed by atoms with Crippen molar-refractivity contribution >= 4 is 64.1 Å². The van der Waals surface area contributed by atoms with E-state index >= 15 is 0 Å². The third-order valence-corrected chi connectivity index (χ3v) is 7.07. The Morgan fingerprint density at radius 2 is 1.94 bits per heavy atom. The van der Waals surface area contributed by atoms with Crippen molar-refractivity contribution in [2.24, 2.45) is 0 Å². The maximum absolute atomic E-state index is 12.9. The molecule has 0 aromatic heterocycles. The first-order chi connectivity index (χ1) is 16.8. The topological polar surface area (TPSA) is 91.2 Å². The molecular weight excluding hydrogens is 529 g/mol. The molecule has 1 atom stereocenters. The molecule has 180 valence electrons. The van der Waals surface area contributed by atoms with Gasteiger partial charge in [-0.3, -0.25) is 4.79 Å². The lowest BCUT2D eigenvalue weighted by atomic mass is 9.82. The Kier molecular flexibility index (Phi) is 9.30. The number of amides is 1. The number of nitrogens with one attached hydrogen (secondary N) is 2. The highest BCUT2D eigenvalue weighted by atomic mass is 35.5. The summed E-state index contributed by atoms with van der Waals surface area (Å²) < 4.78 is 5.28. The second-order valence-electron chi connectivity index (χ2n) is 7.33. The highest BCUT2D eigenvalue weighted by Gasteiger charge is 2.36. The summed E-state index contributed by atoms with van der Waals surface area (Å²) in [7, 11) is 0. The molecule has 1 heterocycles. The molecule has 35 heavy (non-hydrogen) atoms. The number of benzene rings is 2. The van der Waals surface area contributed by atoms with Gasteiger partial charge in [-0.2, -0.15) is 5.26 Å². The normalized spacial score (nSPS) is 15.2. The van der Waals surface area contributed by atoms with Gasteiger partial charge in [0, 0.05) is 16.4 Å². The fourth-order valence-electron chi connectivity index (χ4n) is 3.44. The lowest BCUT2D eigenvalue weighted by Crippen LogP contribution is -2.29. The molecule has 2 N–H and O–H groups in total. The van der Waals surface area contributed by atoms with Crippen LogP contribution >= 0.6 is 46.6 Å². The van der Waals surface area contributed by atoms with Crippen molar-refractivity contribution in [2.75, 3.05) is 17.7 Å². The van der Waals surface area contributed by atoms with Crippen LogP contribution in [0.4, 0.5) is 5.69 Å². The number of esters is 1. The minimum Gasteiger partial charge on any atom is -0.458 e. The molecule has 2 aromatic carbocycles. The molecule has 10 heteroatoms. The van der Waals surface area contributed by atoms with Gasteiger partial charge in [-0.1, -0.05) is 77.4 Å². The zero-order valence-electron chi connectivity index (χ0n) is 18.5. The summed E-state index contributed by atoms with van der Waals surface area (Å²) in [5, 5.41) is 17.5. The van der Waals surface area contributed by atoms with Crippen molar-refractivity contribution in [1.29, 1.82) is 5.26 Å². The summed E-state index contributed by atoms with van der Waals surface area (Å²) in [5.74, 6) is -1.68. The lowest BCUT2D eigenvalue weighted by Gasteiger charge is -2.29. The summed E-state index contributed by atoms with van der Waals surface area (Å²) in [6.45, 7) is 5.29. The Bertz CT molecular complexity index is 1280. The van der Waals surface area contributed by atoms with Gasteiger partial charge in [-0.25, -0.2) is 4.79 Å². The highest BCUT2D eigenvalue weighted by molar-refractivity contribution is 8.03. The maximum Gasteiger partial charge on any atom is 0.337 e. The molecule has 0 bridgehead atoms. The zero-order valence-corrected chi connectivity index (χ0v) is 21.6.